The third-order valence-electron chi connectivity index (χ3n) is 2.06. The van der Waals surface area contributed by atoms with Crippen LogP contribution in [-0.2, 0) is 9.53 Å². The maximum absolute atomic E-state index is 10.5. The zero-order valence-corrected chi connectivity index (χ0v) is 7.98. The van der Waals surface area contributed by atoms with E-state index in [-0.39, 0.29) is 12.6 Å². The van der Waals surface area contributed by atoms with Gasteiger partial charge < -0.3 is 20.9 Å². The summed E-state index contributed by atoms with van der Waals surface area (Å²) < 4.78 is 5.28. The molecular formula is C9H16N2O3. The molecule has 1 aliphatic rings. The lowest BCUT2D eigenvalue weighted by Crippen LogP contribution is -2.40. The zero-order valence-electron chi connectivity index (χ0n) is 7.98. The molecular weight excluding hydrogens is 184 g/mol. The average molecular weight is 200 g/mol. The molecule has 1 amide bonds. The molecule has 0 aliphatic carbocycles. The van der Waals surface area contributed by atoms with Crippen LogP contribution in [0.25, 0.3) is 0 Å². The van der Waals surface area contributed by atoms with Crippen LogP contribution in [0.2, 0.25) is 0 Å². The standard InChI is InChI=1S/C9H16N2O3/c10-9(13)8(12)6-11-5-7-3-1-2-4-14-7/h2,4,7-8,11-12H,1,3,5-6H2,(H2,10,13). The number of hydrogen-bond acceptors (Lipinski definition) is 4. The van der Waals surface area contributed by atoms with Crippen LogP contribution >= 0.6 is 0 Å². The predicted molar refractivity (Wildman–Crippen MR) is 51.3 cm³/mol. The summed E-state index contributed by atoms with van der Waals surface area (Å²) in [6.45, 7) is 0.799. The molecule has 0 aromatic rings. The van der Waals surface area contributed by atoms with Crippen molar-refractivity contribution < 1.29 is 14.6 Å². The average Bonchev–Trinajstić information content (AvgIpc) is 2.19. The van der Waals surface area contributed by atoms with Gasteiger partial charge in [0.05, 0.1) is 6.26 Å². The van der Waals surface area contributed by atoms with E-state index in [1.807, 2.05) is 6.08 Å². The van der Waals surface area contributed by atoms with Crippen molar-refractivity contribution in [1.82, 2.24) is 5.32 Å². The quantitative estimate of drug-likeness (QED) is 0.538. The summed E-state index contributed by atoms with van der Waals surface area (Å²) in [4.78, 5) is 10.5. The second kappa shape index (κ2) is 5.62. The van der Waals surface area contributed by atoms with Gasteiger partial charge in [-0.25, -0.2) is 0 Å². The molecule has 1 heterocycles. The third kappa shape index (κ3) is 3.76. The highest BCUT2D eigenvalue weighted by molar-refractivity contribution is 5.78. The van der Waals surface area contributed by atoms with Crippen molar-refractivity contribution in [3.05, 3.63) is 12.3 Å². The Morgan fingerprint density at radius 2 is 2.57 bits per heavy atom. The summed E-state index contributed by atoms with van der Waals surface area (Å²) in [7, 11) is 0. The number of primary amides is 1. The summed E-state index contributed by atoms with van der Waals surface area (Å²) in [6.07, 6.45) is 4.62. The lowest BCUT2D eigenvalue weighted by atomic mass is 10.1. The Balaban J connectivity index is 2.08. The number of ether oxygens (including phenoxy) is 1. The van der Waals surface area contributed by atoms with Gasteiger partial charge in [-0.2, -0.15) is 0 Å². The van der Waals surface area contributed by atoms with Crippen molar-refractivity contribution in [1.29, 1.82) is 0 Å². The molecule has 1 aliphatic heterocycles. The van der Waals surface area contributed by atoms with E-state index in [2.05, 4.69) is 5.32 Å². The SMILES string of the molecule is NC(=O)C(O)CNCC1CCC=CO1. The van der Waals surface area contributed by atoms with Crippen LogP contribution in [0.3, 0.4) is 0 Å². The number of aliphatic hydroxyl groups excluding tert-OH is 1. The molecule has 14 heavy (non-hydrogen) atoms. The van der Waals surface area contributed by atoms with Crippen molar-refractivity contribution in [3.63, 3.8) is 0 Å². The molecule has 5 nitrogen and oxygen atoms in total. The fourth-order valence-corrected chi connectivity index (χ4v) is 1.22. The minimum absolute atomic E-state index is 0.125. The fourth-order valence-electron chi connectivity index (χ4n) is 1.22. The lowest BCUT2D eigenvalue weighted by molar-refractivity contribution is -0.125. The summed E-state index contributed by atoms with van der Waals surface area (Å²) in [5.41, 5.74) is 4.88. The zero-order chi connectivity index (χ0) is 10.4. The summed E-state index contributed by atoms with van der Waals surface area (Å²) in [6, 6.07) is 0. The van der Waals surface area contributed by atoms with Gasteiger partial charge >= 0.3 is 0 Å². The maximum Gasteiger partial charge on any atom is 0.247 e. The van der Waals surface area contributed by atoms with Crippen molar-refractivity contribution in [2.45, 2.75) is 25.0 Å². The normalized spacial score (nSPS) is 22.8. The first-order valence-corrected chi connectivity index (χ1v) is 4.68. The smallest absolute Gasteiger partial charge is 0.247 e. The summed E-state index contributed by atoms with van der Waals surface area (Å²) in [5, 5.41) is 12.0. The second-order valence-corrected chi connectivity index (χ2v) is 3.28. The number of rotatable bonds is 5. The molecule has 0 radical (unpaired) electrons. The predicted octanol–water partition coefficient (Wildman–Crippen LogP) is -0.885. The molecule has 0 aromatic carbocycles. The number of allylic oxidation sites excluding steroid dienone is 1. The highest BCUT2D eigenvalue weighted by atomic mass is 16.5. The summed E-state index contributed by atoms with van der Waals surface area (Å²) in [5.74, 6) is -0.707. The molecule has 0 fully saturated rings. The van der Waals surface area contributed by atoms with Gasteiger partial charge in [-0.1, -0.05) is 0 Å². The monoisotopic (exact) mass is 200 g/mol. The number of amides is 1. The van der Waals surface area contributed by atoms with Crippen molar-refractivity contribution in [2.24, 2.45) is 5.73 Å². The Bertz CT molecular complexity index is 218. The van der Waals surface area contributed by atoms with E-state index < -0.39 is 12.0 Å². The van der Waals surface area contributed by atoms with Crippen LogP contribution in [0.5, 0.6) is 0 Å². The van der Waals surface area contributed by atoms with Gasteiger partial charge in [0, 0.05) is 13.1 Å². The van der Waals surface area contributed by atoms with Crippen LogP contribution in [0.1, 0.15) is 12.8 Å². The van der Waals surface area contributed by atoms with Crippen LogP contribution in [0.4, 0.5) is 0 Å². The van der Waals surface area contributed by atoms with Crippen molar-refractivity contribution >= 4 is 5.91 Å². The van der Waals surface area contributed by atoms with Gasteiger partial charge in [-0.05, 0) is 18.9 Å². The van der Waals surface area contributed by atoms with Gasteiger partial charge in [0.25, 0.3) is 0 Å². The third-order valence-corrected chi connectivity index (χ3v) is 2.06. The van der Waals surface area contributed by atoms with Gasteiger partial charge in [0.1, 0.15) is 12.2 Å². The Morgan fingerprint density at radius 1 is 1.79 bits per heavy atom. The van der Waals surface area contributed by atoms with Gasteiger partial charge in [-0.3, -0.25) is 4.79 Å². The highest BCUT2D eigenvalue weighted by Crippen LogP contribution is 2.08. The minimum Gasteiger partial charge on any atom is -0.497 e. The molecule has 0 saturated carbocycles. The van der Waals surface area contributed by atoms with E-state index in [9.17, 15) is 4.79 Å². The van der Waals surface area contributed by atoms with E-state index in [0.29, 0.717) is 6.54 Å². The number of nitrogens with one attached hydrogen (secondary N) is 1. The van der Waals surface area contributed by atoms with Crippen molar-refractivity contribution in [3.8, 4) is 0 Å². The first-order valence-electron chi connectivity index (χ1n) is 4.68. The van der Waals surface area contributed by atoms with Gasteiger partial charge in [0.2, 0.25) is 5.91 Å². The number of hydrogen-bond donors (Lipinski definition) is 3. The Hall–Kier alpha value is -1.07. The molecule has 1 rings (SSSR count). The Morgan fingerprint density at radius 3 is 3.14 bits per heavy atom. The minimum atomic E-state index is -1.12. The van der Waals surface area contributed by atoms with Crippen LogP contribution in [-0.4, -0.2) is 36.3 Å². The number of nitrogens with two attached hydrogens (primary N) is 1. The molecule has 2 unspecified atom stereocenters. The molecule has 2 atom stereocenters. The largest absolute Gasteiger partial charge is 0.497 e. The molecule has 0 aromatic heterocycles. The second-order valence-electron chi connectivity index (χ2n) is 3.28. The van der Waals surface area contributed by atoms with E-state index in [0.717, 1.165) is 12.8 Å². The Labute approximate surface area is 82.9 Å². The van der Waals surface area contributed by atoms with E-state index in [1.54, 1.807) is 6.26 Å². The summed E-state index contributed by atoms with van der Waals surface area (Å²) >= 11 is 0. The number of carbonyl (C=O) groups excluding carboxylic acids is 1. The molecule has 0 saturated heterocycles. The lowest BCUT2D eigenvalue weighted by Gasteiger charge is -2.20. The van der Waals surface area contributed by atoms with Crippen molar-refractivity contribution in [2.75, 3.05) is 13.1 Å². The van der Waals surface area contributed by atoms with Crippen LogP contribution in [0, 0.1) is 0 Å². The first-order chi connectivity index (χ1) is 6.70. The van der Waals surface area contributed by atoms with Gasteiger partial charge in [0.15, 0.2) is 0 Å². The number of aliphatic hydroxyl groups is 1. The van der Waals surface area contributed by atoms with E-state index >= 15 is 0 Å². The molecule has 4 N–H and O–H groups in total. The van der Waals surface area contributed by atoms with E-state index in [4.69, 9.17) is 15.6 Å². The maximum atomic E-state index is 10.5. The van der Waals surface area contributed by atoms with E-state index in [1.165, 1.54) is 0 Å². The molecule has 80 valence electrons. The van der Waals surface area contributed by atoms with Gasteiger partial charge in [-0.15, -0.1) is 0 Å². The molecule has 0 bridgehead atoms. The Kier molecular flexibility index (Phi) is 4.42. The first kappa shape index (κ1) is 11.0. The van der Waals surface area contributed by atoms with Crippen LogP contribution in [0.15, 0.2) is 12.3 Å². The fraction of sp³-hybridized carbons (Fsp3) is 0.667. The highest BCUT2D eigenvalue weighted by Gasteiger charge is 2.13. The van der Waals surface area contributed by atoms with Crippen LogP contribution < -0.4 is 11.1 Å². The molecule has 0 spiro atoms. The molecule has 5 heteroatoms. The topological polar surface area (TPSA) is 84.6 Å². The number of carbonyl (C=O) groups is 1.